The van der Waals surface area contributed by atoms with Crippen LogP contribution in [0.2, 0.25) is 0 Å². The minimum absolute atomic E-state index is 0. The fourth-order valence-corrected chi connectivity index (χ4v) is 3.15. The van der Waals surface area contributed by atoms with Crippen LogP contribution >= 0.6 is 8.25 Å². The summed E-state index contributed by atoms with van der Waals surface area (Å²) in [5, 5.41) is 0. The monoisotopic (exact) mass is 358 g/mol. The number of aryl methyl sites for hydroxylation is 1. The lowest BCUT2D eigenvalue weighted by Crippen LogP contribution is -2.37. The number of anilines is 2. The molecule has 1 heterocycles. The van der Waals surface area contributed by atoms with E-state index >= 15 is 0 Å². The van der Waals surface area contributed by atoms with Crippen LogP contribution in [0, 0.1) is 6.92 Å². The van der Waals surface area contributed by atoms with E-state index in [-0.39, 0.29) is 11.6 Å². The number of nitrogens with zero attached hydrogens (tertiary/aromatic N) is 2. The SMILES string of the molecule is Cc1cc(N2CCC(O[P+](=O)OCC[N+](C)(C)C)C2)ccc1N.[OH-]. The molecule has 136 valence electrons. The summed E-state index contributed by atoms with van der Waals surface area (Å²) < 4.78 is 23.5. The lowest BCUT2D eigenvalue weighted by Gasteiger charge is -2.21. The first-order valence-electron chi connectivity index (χ1n) is 7.93. The van der Waals surface area contributed by atoms with E-state index in [1.165, 1.54) is 0 Å². The Bertz CT molecular complexity index is 563. The van der Waals surface area contributed by atoms with Crippen LogP contribution in [0.25, 0.3) is 0 Å². The van der Waals surface area contributed by atoms with Gasteiger partial charge in [0.1, 0.15) is 12.6 Å². The van der Waals surface area contributed by atoms with Crippen LogP contribution in [-0.4, -0.2) is 63.4 Å². The average molecular weight is 358 g/mol. The highest BCUT2D eigenvalue weighted by atomic mass is 31.1. The molecule has 0 saturated carbocycles. The fraction of sp³-hybridized carbons (Fsp3) is 0.625. The van der Waals surface area contributed by atoms with Crippen molar-refractivity contribution in [3.8, 4) is 0 Å². The Labute approximate surface area is 145 Å². The summed E-state index contributed by atoms with van der Waals surface area (Å²) in [6.45, 7) is 4.85. The Kier molecular flexibility index (Phi) is 7.57. The Morgan fingerprint density at radius 3 is 2.71 bits per heavy atom. The Morgan fingerprint density at radius 2 is 2.08 bits per heavy atom. The van der Waals surface area contributed by atoms with Gasteiger partial charge in [-0.25, -0.2) is 0 Å². The van der Waals surface area contributed by atoms with E-state index in [4.69, 9.17) is 14.8 Å². The van der Waals surface area contributed by atoms with Crippen LogP contribution < -0.4 is 10.6 Å². The highest BCUT2D eigenvalue weighted by Crippen LogP contribution is 2.32. The van der Waals surface area contributed by atoms with Gasteiger partial charge in [-0.15, -0.1) is 9.05 Å². The maximum absolute atomic E-state index is 11.9. The van der Waals surface area contributed by atoms with Crippen LogP contribution in [0.1, 0.15) is 12.0 Å². The van der Waals surface area contributed by atoms with Crippen molar-refractivity contribution in [3.05, 3.63) is 23.8 Å². The largest absolute Gasteiger partial charge is 0.870 e. The maximum atomic E-state index is 11.9. The van der Waals surface area contributed by atoms with Crippen molar-refractivity contribution in [1.29, 1.82) is 0 Å². The van der Waals surface area contributed by atoms with Crippen molar-refractivity contribution in [3.63, 3.8) is 0 Å². The fourth-order valence-electron chi connectivity index (χ4n) is 2.45. The minimum Gasteiger partial charge on any atom is -0.870 e. The number of nitrogens with two attached hydrogens (primary N) is 1. The second kappa shape index (κ2) is 8.74. The first kappa shape index (κ1) is 20.8. The number of hydrogen-bond donors (Lipinski definition) is 1. The summed E-state index contributed by atoms with van der Waals surface area (Å²) in [5.41, 5.74) is 8.86. The second-order valence-corrected chi connectivity index (χ2v) is 7.99. The summed E-state index contributed by atoms with van der Waals surface area (Å²) in [7, 11) is 4.16. The Morgan fingerprint density at radius 1 is 1.38 bits per heavy atom. The van der Waals surface area contributed by atoms with Crippen molar-refractivity contribution < 1.29 is 23.6 Å². The number of quaternary nitrogens is 1. The number of likely N-dealkylation sites (N-methyl/N-ethyl adjacent to an activating group) is 1. The molecule has 7 nitrogen and oxygen atoms in total. The molecule has 1 aliphatic heterocycles. The number of rotatable bonds is 7. The summed E-state index contributed by atoms with van der Waals surface area (Å²) >= 11 is 0. The van der Waals surface area contributed by atoms with E-state index in [0.29, 0.717) is 6.61 Å². The number of nitrogen functional groups attached to an aromatic ring is 1. The highest BCUT2D eigenvalue weighted by molar-refractivity contribution is 7.33. The molecule has 1 aromatic rings. The van der Waals surface area contributed by atoms with Crippen LogP contribution in [0.3, 0.4) is 0 Å². The molecule has 1 aliphatic rings. The predicted octanol–water partition coefficient (Wildman–Crippen LogP) is 2.38. The van der Waals surface area contributed by atoms with Crippen molar-refractivity contribution in [2.75, 3.05) is 58.0 Å². The van der Waals surface area contributed by atoms with Gasteiger partial charge in [0.15, 0.2) is 6.61 Å². The second-order valence-electron chi connectivity index (χ2n) is 7.07. The molecule has 0 radical (unpaired) electrons. The Hall–Kier alpha value is -1.24. The number of hydrogen-bond acceptors (Lipinski definition) is 6. The molecule has 0 spiro atoms. The van der Waals surface area contributed by atoms with Gasteiger partial charge in [0.05, 0.1) is 21.1 Å². The van der Waals surface area contributed by atoms with Crippen molar-refractivity contribution in [1.82, 2.24) is 0 Å². The van der Waals surface area contributed by atoms with Crippen LogP contribution in [0.5, 0.6) is 0 Å². The first-order valence-corrected chi connectivity index (χ1v) is 9.02. The van der Waals surface area contributed by atoms with E-state index < -0.39 is 8.25 Å². The lowest BCUT2D eigenvalue weighted by molar-refractivity contribution is -0.870. The molecule has 1 saturated heterocycles. The van der Waals surface area contributed by atoms with E-state index in [2.05, 4.69) is 32.1 Å². The molecule has 0 amide bonds. The molecule has 2 atom stereocenters. The van der Waals surface area contributed by atoms with Crippen molar-refractivity contribution in [2.24, 2.45) is 0 Å². The molecular formula is C16H29N3O4P+. The zero-order valence-electron chi connectivity index (χ0n) is 14.9. The summed E-state index contributed by atoms with van der Waals surface area (Å²) in [5.74, 6) is 0. The van der Waals surface area contributed by atoms with Gasteiger partial charge in [0.2, 0.25) is 0 Å². The van der Waals surface area contributed by atoms with Gasteiger partial charge in [-0.2, -0.15) is 0 Å². The molecule has 1 aromatic carbocycles. The van der Waals surface area contributed by atoms with Gasteiger partial charge in [-0.1, -0.05) is 0 Å². The zero-order valence-corrected chi connectivity index (χ0v) is 15.8. The van der Waals surface area contributed by atoms with Crippen LogP contribution in [0.15, 0.2) is 18.2 Å². The summed E-state index contributed by atoms with van der Waals surface area (Å²) in [6.07, 6.45) is 0.795. The summed E-state index contributed by atoms with van der Waals surface area (Å²) in [6, 6.07) is 6.02. The van der Waals surface area contributed by atoms with Gasteiger partial charge in [-0.05, 0) is 37.1 Å². The third-order valence-electron chi connectivity index (χ3n) is 3.96. The molecule has 1 fully saturated rings. The van der Waals surface area contributed by atoms with Crippen molar-refractivity contribution >= 4 is 19.6 Å². The lowest BCUT2D eigenvalue weighted by atomic mass is 10.2. The van der Waals surface area contributed by atoms with E-state index in [9.17, 15) is 4.57 Å². The summed E-state index contributed by atoms with van der Waals surface area (Å²) in [4.78, 5) is 2.23. The average Bonchev–Trinajstić information content (AvgIpc) is 2.88. The molecule has 0 bridgehead atoms. The normalized spacial score (nSPS) is 18.4. The molecule has 8 heteroatoms. The van der Waals surface area contributed by atoms with Gasteiger partial charge in [0, 0.05) is 29.0 Å². The molecule has 0 aliphatic carbocycles. The molecule has 2 rings (SSSR count). The number of benzene rings is 1. The molecule has 0 aromatic heterocycles. The third-order valence-corrected chi connectivity index (χ3v) is 4.82. The smallest absolute Gasteiger partial charge is 0.697 e. The van der Waals surface area contributed by atoms with Crippen molar-refractivity contribution in [2.45, 2.75) is 19.4 Å². The third kappa shape index (κ3) is 6.34. The van der Waals surface area contributed by atoms with E-state index in [0.717, 1.165) is 47.5 Å². The van der Waals surface area contributed by atoms with Gasteiger partial charge < -0.3 is 20.6 Å². The van der Waals surface area contributed by atoms with Crippen LogP contribution in [-0.2, 0) is 13.6 Å². The minimum atomic E-state index is -2.05. The molecule has 2 unspecified atom stereocenters. The van der Waals surface area contributed by atoms with Gasteiger partial charge >= 0.3 is 8.25 Å². The van der Waals surface area contributed by atoms with Crippen LogP contribution in [0.4, 0.5) is 11.4 Å². The predicted molar refractivity (Wildman–Crippen MR) is 95.7 cm³/mol. The van der Waals surface area contributed by atoms with E-state index in [1.54, 1.807) is 0 Å². The van der Waals surface area contributed by atoms with Gasteiger partial charge in [-0.3, -0.25) is 0 Å². The topological polar surface area (TPSA) is 94.8 Å². The zero-order chi connectivity index (χ0) is 17.0. The molecule has 3 N–H and O–H groups in total. The van der Waals surface area contributed by atoms with E-state index in [1.807, 2.05) is 19.1 Å². The maximum Gasteiger partial charge on any atom is 0.697 e. The molecular weight excluding hydrogens is 329 g/mol. The highest BCUT2D eigenvalue weighted by Gasteiger charge is 2.33. The first-order chi connectivity index (χ1) is 10.7. The van der Waals surface area contributed by atoms with Gasteiger partial charge in [0.25, 0.3) is 0 Å². The standard InChI is InChI=1S/C16H28N3O3P.H2O/c1-13-11-14(5-6-16(13)17)18-8-7-15(12-18)22-23(20)21-10-9-19(2,3)4;/h5-6,11,15H,7-10,12,17H2,1-4H3;1H2/q+2;/p-1. The Balaban J connectivity index is 0.00000288. The molecule has 24 heavy (non-hydrogen) atoms. The quantitative estimate of drug-likeness (QED) is 0.457.